The minimum absolute atomic E-state index is 0.833. The fourth-order valence-electron chi connectivity index (χ4n) is 2.51. The quantitative estimate of drug-likeness (QED) is 0.369. The first-order valence-corrected chi connectivity index (χ1v) is 8.64. The van der Waals surface area contributed by atoms with Gasteiger partial charge in [0.05, 0.1) is 0 Å². The minimum atomic E-state index is 0.833. The summed E-state index contributed by atoms with van der Waals surface area (Å²) >= 11 is 0. The normalized spacial score (nSPS) is 14.8. The molecule has 2 unspecified atom stereocenters. The lowest BCUT2D eigenvalue weighted by Gasteiger charge is -2.15. The molecule has 0 aromatic carbocycles. The van der Waals surface area contributed by atoms with Crippen molar-refractivity contribution in [3.63, 3.8) is 0 Å². The summed E-state index contributed by atoms with van der Waals surface area (Å²) in [6.07, 6.45) is 10.8. The second-order valence-corrected chi connectivity index (χ2v) is 6.87. The molecule has 0 aromatic rings. The molecule has 116 valence electrons. The van der Waals surface area contributed by atoms with Crippen molar-refractivity contribution < 1.29 is 4.74 Å². The topological polar surface area (TPSA) is 9.23 Å². The third-order valence-electron chi connectivity index (χ3n) is 3.98. The van der Waals surface area contributed by atoms with E-state index in [4.69, 9.17) is 4.74 Å². The van der Waals surface area contributed by atoms with Crippen LogP contribution in [0.3, 0.4) is 0 Å². The summed E-state index contributed by atoms with van der Waals surface area (Å²) in [7, 11) is 0. The molecule has 0 saturated carbocycles. The molecule has 0 heterocycles. The maximum atomic E-state index is 5.56. The van der Waals surface area contributed by atoms with Crippen LogP contribution >= 0.6 is 0 Å². The van der Waals surface area contributed by atoms with Crippen LogP contribution in [0.25, 0.3) is 0 Å². The Bertz CT molecular complexity index is 177. The van der Waals surface area contributed by atoms with E-state index in [0.717, 1.165) is 37.4 Å². The highest BCUT2D eigenvalue weighted by Gasteiger charge is 2.06. The maximum Gasteiger partial charge on any atom is 0.0468 e. The molecule has 1 nitrogen and oxygen atoms in total. The van der Waals surface area contributed by atoms with Crippen molar-refractivity contribution in [1.29, 1.82) is 0 Å². The van der Waals surface area contributed by atoms with Crippen molar-refractivity contribution >= 4 is 0 Å². The Morgan fingerprint density at radius 1 is 0.684 bits per heavy atom. The zero-order valence-corrected chi connectivity index (χ0v) is 14.2. The number of rotatable bonds is 13. The molecule has 2 atom stereocenters. The standard InChI is InChI=1S/C18H38O/c1-6-14-19-15-13-18(5)12-8-11-17(4)10-7-9-16(2)3/h16-18H,6-15H2,1-5H3. The number of ether oxygens (including phenoxy) is 1. The first kappa shape index (κ1) is 19.0. The highest BCUT2D eigenvalue weighted by molar-refractivity contribution is 4.59. The summed E-state index contributed by atoms with van der Waals surface area (Å²) in [5.74, 6) is 2.62. The van der Waals surface area contributed by atoms with E-state index >= 15 is 0 Å². The van der Waals surface area contributed by atoms with Gasteiger partial charge in [-0.05, 0) is 30.6 Å². The van der Waals surface area contributed by atoms with E-state index in [0.29, 0.717) is 0 Å². The molecular weight excluding hydrogens is 232 g/mol. The Kier molecular flexibility index (Phi) is 12.9. The van der Waals surface area contributed by atoms with E-state index in [9.17, 15) is 0 Å². The zero-order valence-electron chi connectivity index (χ0n) is 14.2. The Morgan fingerprint density at radius 2 is 1.21 bits per heavy atom. The van der Waals surface area contributed by atoms with Crippen molar-refractivity contribution in [3.8, 4) is 0 Å². The van der Waals surface area contributed by atoms with Gasteiger partial charge in [0.15, 0.2) is 0 Å². The molecule has 0 amide bonds. The Morgan fingerprint density at radius 3 is 1.74 bits per heavy atom. The summed E-state index contributed by atoms with van der Waals surface area (Å²) in [5.41, 5.74) is 0. The van der Waals surface area contributed by atoms with Crippen LogP contribution < -0.4 is 0 Å². The second-order valence-electron chi connectivity index (χ2n) is 6.87. The molecule has 0 rings (SSSR count). The molecule has 0 aliphatic rings. The van der Waals surface area contributed by atoms with Gasteiger partial charge in [0.1, 0.15) is 0 Å². The monoisotopic (exact) mass is 270 g/mol. The fraction of sp³-hybridized carbons (Fsp3) is 1.00. The molecule has 0 radical (unpaired) electrons. The molecule has 0 aromatic heterocycles. The van der Waals surface area contributed by atoms with Crippen LogP contribution in [0.5, 0.6) is 0 Å². The summed E-state index contributed by atoms with van der Waals surface area (Å²) in [6.45, 7) is 13.5. The molecule has 0 N–H and O–H groups in total. The van der Waals surface area contributed by atoms with Crippen LogP contribution in [0.15, 0.2) is 0 Å². The molecule has 19 heavy (non-hydrogen) atoms. The van der Waals surface area contributed by atoms with E-state index in [1.807, 2.05) is 0 Å². The molecule has 0 aliphatic heterocycles. The lowest BCUT2D eigenvalue weighted by molar-refractivity contribution is 0.121. The third-order valence-corrected chi connectivity index (χ3v) is 3.98. The van der Waals surface area contributed by atoms with Gasteiger partial charge in [-0.3, -0.25) is 0 Å². The van der Waals surface area contributed by atoms with Crippen LogP contribution in [-0.2, 0) is 4.74 Å². The van der Waals surface area contributed by atoms with Crippen LogP contribution in [0.2, 0.25) is 0 Å². The van der Waals surface area contributed by atoms with Gasteiger partial charge < -0.3 is 4.74 Å². The molecular formula is C18H38O. The highest BCUT2D eigenvalue weighted by Crippen LogP contribution is 2.20. The summed E-state index contributed by atoms with van der Waals surface area (Å²) in [4.78, 5) is 0. The maximum absolute atomic E-state index is 5.56. The van der Waals surface area contributed by atoms with Gasteiger partial charge in [-0.2, -0.15) is 0 Å². The molecule has 0 aliphatic carbocycles. The Labute approximate surface area is 122 Å². The highest BCUT2D eigenvalue weighted by atomic mass is 16.5. The van der Waals surface area contributed by atoms with Gasteiger partial charge in [0.2, 0.25) is 0 Å². The van der Waals surface area contributed by atoms with Crippen LogP contribution in [-0.4, -0.2) is 13.2 Å². The number of hydrogen-bond acceptors (Lipinski definition) is 1. The van der Waals surface area contributed by atoms with E-state index < -0.39 is 0 Å². The van der Waals surface area contributed by atoms with Crippen LogP contribution in [0, 0.1) is 17.8 Å². The predicted octanol–water partition coefficient (Wildman–Crippen LogP) is 6.07. The summed E-state index contributed by atoms with van der Waals surface area (Å²) in [6, 6.07) is 0. The van der Waals surface area contributed by atoms with Gasteiger partial charge in [-0.1, -0.05) is 73.1 Å². The second kappa shape index (κ2) is 13.0. The van der Waals surface area contributed by atoms with Crippen molar-refractivity contribution in [1.82, 2.24) is 0 Å². The lowest BCUT2D eigenvalue weighted by Crippen LogP contribution is -2.04. The molecule has 0 spiro atoms. The average molecular weight is 271 g/mol. The first-order valence-electron chi connectivity index (χ1n) is 8.64. The van der Waals surface area contributed by atoms with Crippen molar-refractivity contribution in [2.75, 3.05) is 13.2 Å². The summed E-state index contributed by atoms with van der Waals surface area (Å²) in [5, 5.41) is 0. The molecule has 0 saturated heterocycles. The smallest absolute Gasteiger partial charge is 0.0468 e. The van der Waals surface area contributed by atoms with Crippen LogP contribution in [0.4, 0.5) is 0 Å². The Hall–Kier alpha value is -0.0400. The average Bonchev–Trinajstić information content (AvgIpc) is 2.34. The minimum Gasteiger partial charge on any atom is -0.381 e. The number of hydrogen-bond donors (Lipinski definition) is 0. The third kappa shape index (κ3) is 14.2. The molecule has 0 bridgehead atoms. The predicted molar refractivity (Wildman–Crippen MR) is 86.6 cm³/mol. The van der Waals surface area contributed by atoms with E-state index in [1.165, 1.54) is 44.9 Å². The van der Waals surface area contributed by atoms with Gasteiger partial charge in [0, 0.05) is 13.2 Å². The van der Waals surface area contributed by atoms with Gasteiger partial charge in [-0.25, -0.2) is 0 Å². The zero-order chi connectivity index (χ0) is 14.5. The first-order chi connectivity index (χ1) is 9.06. The largest absolute Gasteiger partial charge is 0.381 e. The van der Waals surface area contributed by atoms with Gasteiger partial charge in [-0.15, -0.1) is 0 Å². The summed E-state index contributed by atoms with van der Waals surface area (Å²) < 4.78 is 5.56. The fourth-order valence-corrected chi connectivity index (χ4v) is 2.51. The van der Waals surface area contributed by atoms with Crippen molar-refractivity contribution in [2.24, 2.45) is 17.8 Å². The van der Waals surface area contributed by atoms with Crippen molar-refractivity contribution in [3.05, 3.63) is 0 Å². The van der Waals surface area contributed by atoms with Crippen LogP contribution in [0.1, 0.15) is 86.0 Å². The van der Waals surface area contributed by atoms with Gasteiger partial charge in [0.25, 0.3) is 0 Å². The molecule has 0 fully saturated rings. The van der Waals surface area contributed by atoms with E-state index in [2.05, 4.69) is 34.6 Å². The SMILES string of the molecule is CCCOCCC(C)CCCC(C)CCCC(C)C. The van der Waals surface area contributed by atoms with Crippen molar-refractivity contribution in [2.45, 2.75) is 86.0 Å². The Balaban J connectivity index is 3.35. The lowest BCUT2D eigenvalue weighted by atomic mass is 9.93. The molecule has 1 heteroatoms. The van der Waals surface area contributed by atoms with Gasteiger partial charge >= 0.3 is 0 Å². The van der Waals surface area contributed by atoms with E-state index in [-0.39, 0.29) is 0 Å². The van der Waals surface area contributed by atoms with E-state index in [1.54, 1.807) is 0 Å².